The van der Waals surface area contributed by atoms with Crippen LogP contribution in [0, 0.1) is 0 Å². The first-order valence-electron chi connectivity index (χ1n) is 13.7. The Bertz CT molecular complexity index is 590. The lowest BCUT2D eigenvalue weighted by Crippen LogP contribution is -2.04. The zero-order valence-electron chi connectivity index (χ0n) is 24.8. The quantitative estimate of drug-likeness (QED) is 0.0647. The first-order chi connectivity index (χ1) is 18.5. The normalized spacial score (nSPS) is 9.10. The zero-order valence-corrected chi connectivity index (χ0v) is 26.8. The van der Waals surface area contributed by atoms with E-state index in [1.165, 1.54) is 38.5 Å². The molecule has 0 aliphatic carbocycles. The highest BCUT2D eigenvalue weighted by molar-refractivity contribution is 6.16. The van der Waals surface area contributed by atoms with Gasteiger partial charge in [-0.25, -0.2) is 14.4 Å². The number of unbranched alkanes of at least 4 members (excludes halogenated alkanes) is 9. The van der Waals surface area contributed by atoms with Gasteiger partial charge in [0.15, 0.2) is 17.3 Å². The Kier molecular flexibility index (Phi) is 38.6. The molecule has 0 saturated carbocycles. The van der Waals surface area contributed by atoms with Crippen molar-refractivity contribution in [3.63, 3.8) is 0 Å². The van der Waals surface area contributed by atoms with Crippen molar-refractivity contribution in [3.05, 3.63) is 49.3 Å². The number of rotatable bonds is 21. The molecule has 0 spiro atoms. The molecule has 10 heteroatoms. The third-order valence-corrected chi connectivity index (χ3v) is 4.54. The second-order valence-electron chi connectivity index (χ2n) is 8.32. The van der Waals surface area contributed by atoms with Gasteiger partial charge in [-0.2, -0.15) is 0 Å². The Morgan fingerprint density at radius 3 is 0.923 bits per heavy atom. The topological polar surface area (TPSA) is 140 Å². The van der Waals surface area contributed by atoms with Gasteiger partial charge in [0.2, 0.25) is 0 Å². The molecule has 0 bridgehead atoms. The van der Waals surface area contributed by atoms with Crippen LogP contribution in [0.25, 0.3) is 0 Å². The molecule has 228 valence electrons. The number of ether oxygens (including phenoxy) is 3. The van der Waals surface area contributed by atoms with E-state index in [9.17, 15) is 14.4 Å². The van der Waals surface area contributed by atoms with Crippen molar-refractivity contribution in [1.82, 2.24) is 0 Å². The smallest absolute Gasteiger partial charge is 0.370 e. The molecule has 0 atom stereocenters. The van der Waals surface area contributed by atoms with E-state index in [0.29, 0.717) is 19.8 Å². The van der Waals surface area contributed by atoms with Crippen LogP contribution >= 0.6 is 0 Å². The summed E-state index contributed by atoms with van der Waals surface area (Å²) in [5, 5.41) is 25.1. The van der Waals surface area contributed by atoms with Gasteiger partial charge in [-0.15, -0.1) is 12.3 Å². The molecule has 0 amide bonds. The molecule has 0 saturated heterocycles. The fourth-order valence-corrected chi connectivity index (χ4v) is 2.36. The number of carboxylic acid groups (broad SMARTS) is 3. The van der Waals surface area contributed by atoms with E-state index in [0.717, 1.165) is 48.8 Å². The molecule has 0 aromatic carbocycles. The van der Waals surface area contributed by atoms with Crippen LogP contribution in [0.3, 0.4) is 0 Å². The van der Waals surface area contributed by atoms with Crippen LogP contribution < -0.4 is 0 Å². The molecular weight excluding hydrogens is 520 g/mol. The molecule has 9 nitrogen and oxygen atoms in total. The van der Waals surface area contributed by atoms with Gasteiger partial charge in [0.25, 0.3) is 0 Å². The molecule has 0 aromatic rings. The standard InChI is InChI=1S/3C9H16O3.C2H6Si/c3*1-3-4-5-6-7-12-8(2)9(10)11;1-2-3/h3*2-7H2,1H3,(H,10,11);2H,1H2,3H3. The van der Waals surface area contributed by atoms with Gasteiger partial charge in [0.05, 0.1) is 19.8 Å². The Labute approximate surface area is 239 Å². The third-order valence-electron chi connectivity index (χ3n) is 4.54. The summed E-state index contributed by atoms with van der Waals surface area (Å²) in [4.78, 5) is 30.6. The minimum atomic E-state index is -1.08. The maximum atomic E-state index is 10.2. The Morgan fingerprint density at radius 2 is 0.769 bits per heavy atom. The molecule has 0 aromatic heterocycles. The van der Waals surface area contributed by atoms with Crippen LogP contribution in [0.5, 0.6) is 0 Å². The van der Waals surface area contributed by atoms with Crippen molar-refractivity contribution in [2.45, 2.75) is 97.8 Å². The average Bonchev–Trinajstić information content (AvgIpc) is 2.89. The lowest BCUT2D eigenvalue weighted by Gasteiger charge is -2.03. The monoisotopic (exact) mass is 574 g/mol. The number of carbonyl (C=O) groups is 3. The van der Waals surface area contributed by atoms with Gasteiger partial charge in [-0.3, -0.25) is 0 Å². The Morgan fingerprint density at radius 1 is 0.564 bits per heavy atom. The van der Waals surface area contributed by atoms with Crippen LogP contribution in [0.1, 0.15) is 97.8 Å². The summed E-state index contributed by atoms with van der Waals surface area (Å²) in [5.74, 6) is -3.72. The van der Waals surface area contributed by atoms with Gasteiger partial charge in [0, 0.05) is 10.2 Å². The van der Waals surface area contributed by atoms with Crippen LogP contribution in [-0.4, -0.2) is 63.3 Å². The maximum absolute atomic E-state index is 10.2. The van der Waals surface area contributed by atoms with Gasteiger partial charge in [0.1, 0.15) is 0 Å². The van der Waals surface area contributed by atoms with Crippen molar-refractivity contribution in [1.29, 1.82) is 0 Å². The fourth-order valence-electron chi connectivity index (χ4n) is 2.36. The molecular formula is C29H54O9Si. The van der Waals surface area contributed by atoms with Crippen LogP contribution in [0.4, 0.5) is 0 Å². The van der Waals surface area contributed by atoms with Crippen molar-refractivity contribution in [2.75, 3.05) is 19.8 Å². The zero-order chi connectivity index (χ0) is 30.9. The second-order valence-corrected chi connectivity index (χ2v) is 9.14. The van der Waals surface area contributed by atoms with Crippen LogP contribution in [-0.2, 0) is 28.6 Å². The molecule has 3 N–H and O–H groups in total. The molecule has 0 aliphatic rings. The van der Waals surface area contributed by atoms with Gasteiger partial charge < -0.3 is 29.5 Å². The van der Waals surface area contributed by atoms with Crippen LogP contribution in [0.15, 0.2) is 49.3 Å². The lowest BCUT2D eigenvalue weighted by atomic mass is 10.2. The van der Waals surface area contributed by atoms with E-state index in [-0.39, 0.29) is 17.3 Å². The minimum absolute atomic E-state index is 0.161. The third kappa shape index (κ3) is 42.3. The average molecular weight is 575 g/mol. The Balaban J connectivity index is -0.000000224. The first kappa shape index (κ1) is 43.1. The Hall–Kier alpha value is -3.01. The molecule has 39 heavy (non-hydrogen) atoms. The van der Waals surface area contributed by atoms with E-state index in [2.05, 4.69) is 47.1 Å². The number of aliphatic carboxylic acids is 3. The van der Waals surface area contributed by atoms with Crippen molar-refractivity contribution in [3.8, 4) is 0 Å². The number of hydrogen-bond donors (Lipinski definition) is 3. The number of hydrogen-bond acceptors (Lipinski definition) is 6. The minimum Gasteiger partial charge on any atom is -0.487 e. The van der Waals surface area contributed by atoms with Crippen molar-refractivity contribution in [2.24, 2.45) is 0 Å². The maximum Gasteiger partial charge on any atom is 0.370 e. The van der Waals surface area contributed by atoms with E-state index >= 15 is 0 Å². The first-order valence-corrected chi connectivity index (χ1v) is 14.8. The summed E-state index contributed by atoms with van der Waals surface area (Å²) < 4.78 is 14.6. The summed E-state index contributed by atoms with van der Waals surface area (Å²) in [5.41, 5.74) is 1.89. The van der Waals surface area contributed by atoms with E-state index in [1.807, 2.05) is 5.70 Å². The second kappa shape index (κ2) is 35.0. The van der Waals surface area contributed by atoms with Crippen LogP contribution in [0.2, 0.25) is 0 Å². The van der Waals surface area contributed by atoms with E-state index in [1.54, 1.807) is 0 Å². The SMILES string of the molecule is C=C(OCCCCCC)C(=O)O.C=C(OCCCCCC)C(=O)O.C=C(OCCCCCC)C(=O)O.C=C[SiH3]. The highest BCUT2D eigenvalue weighted by Gasteiger charge is 2.04. The highest BCUT2D eigenvalue weighted by Crippen LogP contribution is 2.03. The largest absolute Gasteiger partial charge is 0.487 e. The van der Waals surface area contributed by atoms with Gasteiger partial charge in [-0.05, 0) is 39.0 Å². The summed E-state index contributed by atoms with van der Waals surface area (Å²) in [7, 11) is 1.13. The molecule has 0 aliphatic heterocycles. The predicted octanol–water partition coefficient (Wildman–Crippen LogP) is 6.04. The van der Waals surface area contributed by atoms with Crippen molar-refractivity contribution < 1.29 is 43.9 Å². The molecule has 0 fully saturated rings. The van der Waals surface area contributed by atoms with E-state index in [4.69, 9.17) is 29.5 Å². The fraction of sp³-hybridized carbons (Fsp3) is 0.621. The molecule has 0 rings (SSSR count). The summed E-state index contributed by atoms with van der Waals surface area (Å²) in [6, 6.07) is 0. The molecule has 0 radical (unpaired) electrons. The van der Waals surface area contributed by atoms with Crippen molar-refractivity contribution >= 4 is 28.2 Å². The summed E-state index contributed by atoms with van der Waals surface area (Å²) in [6.07, 6.45) is 13.0. The molecule has 0 unspecified atom stereocenters. The number of carboxylic acids is 3. The summed E-state index contributed by atoms with van der Waals surface area (Å²) in [6.45, 7) is 20.9. The van der Waals surface area contributed by atoms with E-state index < -0.39 is 17.9 Å². The highest BCUT2D eigenvalue weighted by atomic mass is 28.1. The van der Waals surface area contributed by atoms with Gasteiger partial charge >= 0.3 is 17.9 Å². The summed E-state index contributed by atoms with van der Waals surface area (Å²) >= 11 is 0. The van der Waals surface area contributed by atoms with Gasteiger partial charge in [-0.1, -0.05) is 78.6 Å². The predicted molar refractivity (Wildman–Crippen MR) is 161 cm³/mol. The lowest BCUT2D eigenvalue weighted by molar-refractivity contribution is -0.137. The molecule has 0 heterocycles.